The van der Waals surface area contributed by atoms with E-state index in [0.717, 1.165) is 0 Å². The molecule has 2 heterocycles. The fourth-order valence-corrected chi connectivity index (χ4v) is 5.53. The molecule has 6 atom stereocenters. The Morgan fingerprint density at radius 1 is 0.652 bits per heavy atom. The molecule has 2 saturated heterocycles. The Morgan fingerprint density at radius 2 is 0.957 bits per heavy atom. The summed E-state index contributed by atoms with van der Waals surface area (Å²) in [6.07, 6.45) is -1.21. The molecule has 2 rings (SSSR count). The molecule has 0 saturated carbocycles. The van der Waals surface area contributed by atoms with Crippen LogP contribution in [0, 0.1) is 11.8 Å². The maximum Gasteiger partial charge on any atom is 0.400 e. The van der Waals surface area contributed by atoms with Crippen molar-refractivity contribution >= 4 is 20.8 Å². The van der Waals surface area contributed by atoms with Crippen LogP contribution >= 0.6 is 0 Å². The highest BCUT2D eigenvalue weighted by molar-refractivity contribution is 7.82. The number of rotatable bonds is 4. The van der Waals surface area contributed by atoms with E-state index in [2.05, 4.69) is 0 Å². The molecular formula is C13H24O8S2. The summed E-state index contributed by atoms with van der Waals surface area (Å²) in [6.45, 7) is 7.29. The number of hydrogen-bond acceptors (Lipinski definition) is 8. The van der Waals surface area contributed by atoms with E-state index >= 15 is 0 Å². The van der Waals surface area contributed by atoms with Crippen LogP contribution < -0.4 is 0 Å². The fourth-order valence-electron chi connectivity index (χ4n) is 3.10. The summed E-state index contributed by atoms with van der Waals surface area (Å²) in [6, 6.07) is 0. The maximum absolute atomic E-state index is 11.7. The van der Waals surface area contributed by atoms with Crippen molar-refractivity contribution in [1.82, 2.24) is 0 Å². The van der Waals surface area contributed by atoms with E-state index in [1.54, 1.807) is 0 Å². The first kappa shape index (κ1) is 19.1. The van der Waals surface area contributed by atoms with E-state index in [-0.39, 0.29) is 18.3 Å². The van der Waals surface area contributed by atoms with E-state index in [1.807, 2.05) is 27.7 Å². The largest absolute Gasteiger partial charge is 0.400 e. The van der Waals surface area contributed by atoms with Gasteiger partial charge < -0.3 is 0 Å². The number of hydrogen-bond donors (Lipinski definition) is 0. The minimum Gasteiger partial charge on any atom is -0.244 e. The van der Waals surface area contributed by atoms with Crippen LogP contribution in [0.1, 0.15) is 47.0 Å². The highest BCUT2D eigenvalue weighted by Crippen LogP contribution is 2.35. The van der Waals surface area contributed by atoms with Gasteiger partial charge in [0.05, 0.1) is 24.4 Å². The van der Waals surface area contributed by atoms with Gasteiger partial charge in [-0.3, -0.25) is 0 Å². The molecule has 0 N–H and O–H groups in total. The van der Waals surface area contributed by atoms with Gasteiger partial charge in [-0.2, -0.15) is 16.8 Å². The van der Waals surface area contributed by atoms with Crippen molar-refractivity contribution < 1.29 is 33.6 Å². The second kappa shape index (κ2) is 6.93. The Morgan fingerprint density at radius 3 is 1.26 bits per heavy atom. The molecule has 0 aromatic carbocycles. The smallest absolute Gasteiger partial charge is 0.244 e. The SMILES string of the molecule is CCC1OS(=O)(=O)OC(CC2OS(=O)(=O)OC(CC)C2C)C1C. The van der Waals surface area contributed by atoms with Crippen LogP contribution in [0.5, 0.6) is 0 Å². The maximum atomic E-state index is 11.7. The van der Waals surface area contributed by atoms with Crippen LogP contribution in [0.2, 0.25) is 0 Å². The summed E-state index contributed by atoms with van der Waals surface area (Å²) >= 11 is 0. The average molecular weight is 372 g/mol. The summed E-state index contributed by atoms with van der Waals surface area (Å²) < 4.78 is 66.8. The van der Waals surface area contributed by atoms with Gasteiger partial charge in [-0.1, -0.05) is 27.7 Å². The average Bonchev–Trinajstić information content (AvgIpc) is 2.45. The van der Waals surface area contributed by atoms with Crippen LogP contribution in [0.3, 0.4) is 0 Å². The van der Waals surface area contributed by atoms with Crippen LogP contribution in [0.4, 0.5) is 0 Å². The van der Waals surface area contributed by atoms with Crippen molar-refractivity contribution in [1.29, 1.82) is 0 Å². The molecule has 0 bridgehead atoms. The Labute approximate surface area is 138 Å². The lowest BCUT2D eigenvalue weighted by molar-refractivity contribution is -0.0618. The summed E-state index contributed by atoms with van der Waals surface area (Å²) in [5.74, 6) is -0.407. The van der Waals surface area contributed by atoms with E-state index < -0.39 is 45.2 Å². The molecule has 10 heteroatoms. The third-order valence-electron chi connectivity index (χ3n) is 4.58. The van der Waals surface area contributed by atoms with Crippen molar-refractivity contribution in [3.05, 3.63) is 0 Å². The third-order valence-corrected chi connectivity index (χ3v) is 6.51. The lowest BCUT2D eigenvalue weighted by Gasteiger charge is -2.39. The van der Waals surface area contributed by atoms with Gasteiger partial charge in [-0.25, -0.2) is 16.7 Å². The Bertz CT molecular complexity index is 560. The van der Waals surface area contributed by atoms with Gasteiger partial charge in [0.1, 0.15) is 0 Å². The highest BCUT2D eigenvalue weighted by atomic mass is 32.3. The van der Waals surface area contributed by atoms with Gasteiger partial charge in [0.15, 0.2) is 0 Å². The second-order valence-electron chi connectivity index (χ2n) is 6.13. The van der Waals surface area contributed by atoms with Gasteiger partial charge in [-0.15, -0.1) is 0 Å². The zero-order chi connectivity index (χ0) is 17.4. The van der Waals surface area contributed by atoms with Crippen molar-refractivity contribution in [3.63, 3.8) is 0 Å². The molecule has 0 spiro atoms. The zero-order valence-electron chi connectivity index (χ0n) is 13.7. The van der Waals surface area contributed by atoms with Crippen LogP contribution in [-0.4, -0.2) is 41.3 Å². The molecular weight excluding hydrogens is 348 g/mol. The van der Waals surface area contributed by atoms with Gasteiger partial charge in [0.2, 0.25) is 0 Å². The fraction of sp³-hybridized carbons (Fsp3) is 1.00. The first-order valence-electron chi connectivity index (χ1n) is 7.81. The second-order valence-corrected chi connectivity index (χ2v) is 8.53. The highest BCUT2D eigenvalue weighted by Gasteiger charge is 2.45. The van der Waals surface area contributed by atoms with Crippen LogP contribution in [0.15, 0.2) is 0 Å². The molecule has 6 unspecified atom stereocenters. The lowest BCUT2D eigenvalue weighted by atomic mass is 9.87. The monoisotopic (exact) mass is 372 g/mol. The summed E-state index contributed by atoms with van der Waals surface area (Å²) in [4.78, 5) is 0. The first-order chi connectivity index (χ1) is 10.6. The Balaban J connectivity index is 2.18. The van der Waals surface area contributed by atoms with Gasteiger partial charge in [0, 0.05) is 18.3 Å². The normalized spacial score (nSPS) is 43.1. The minimum absolute atomic E-state index is 0.139. The van der Waals surface area contributed by atoms with E-state index in [1.165, 1.54) is 0 Å². The molecule has 2 aliphatic heterocycles. The third kappa shape index (κ3) is 4.43. The Kier molecular flexibility index (Phi) is 5.74. The van der Waals surface area contributed by atoms with Crippen molar-refractivity contribution in [3.8, 4) is 0 Å². The van der Waals surface area contributed by atoms with Crippen LogP contribution in [0.25, 0.3) is 0 Å². The van der Waals surface area contributed by atoms with E-state index in [9.17, 15) is 16.8 Å². The molecule has 2 aliphatic rings. The van der Waals surface area contributed by atoms with Crippen molar-refractivity contribution in [2.45, 2.75) is 71.4 Å². The molecule has 23 heavy (non-hydrogen) atoms. The van der Waals surface area contributed by atoms with Crippen molar-refractivity contribution in [2.24, 2.45) is 11.8 Å². The quantitative estimate of drug-likeness (QED) is 0.731. The molecule has 136 valence electrons. The summed E-state index contributed by atoms with van der Waals surface area (Å²) in [7, 11) is -8.16. The lowest BCUT2D eigenvalue weighted by Crippen LogP contribution is -2.48. The molecule has 2 fully saturated rings. The summed E-state index contributed by atoms with van der Waals surface area (Å²) in [5, 5.41) is 0. The van der Waals surface area contributed by atoms with Crippen LogP contribution in [-0.2, 0) is 37.5 Å². The zero-order valence-corrected chi connectivity index (χ0v) is 15.3. The van der Waals surface area contributed by atoms with E-state index in [4.69, 9.17) is 16.7 Å². The molecule has 0 aromatic rings. The van der Waals surface area contributed by atoms with Gasteiger partial charge >= 0.3 is 20.8 Å². The predicted molar refractivity (Wildman–Crippen MR) is 80.9 cm³/mol. The molecule has 8 nitrogen and oxygen atoms in total. The summed E-state index contributed by atoms with van der Waals surface area (Å²) in [5.41, 5.74) is 0. The molecule has 0 aliphatic carbocycles. The standard InChI is InChI=1S/C13H24O8S2/c1-5-10-8(3)12(20-22(14,15)18-10)7-13-9(4)11(6-2)19-23(16,17)21-13/h8-13H,5-7H2,1-4H3. The van der Waals surface area contributed by atoms with Gasteiger partial charge in [-0.05, 0) is 12.8 Å². The molecule has 0 aromatic heterocycles. The first-order valence-corrected chi connectivity index (χ1v) is 10.5. The Hall–Kier alpha value is -0.260. The van der Waals surface area contributed by atoms with Gasteiger partial charge in [0.25, 0.3) is 0 Å². The van der Waals surface area contributed by atoms with Crippen molar-refractivity contribution in [2.75, 3.05) is 0 Å². The predicted octanol–water partition coefficient (Wildman–Crippen LogP) is 1.53. The van der Waals surface area contributed by atoms with E-state index in [0.29, 0.717) is 12.8 Å². The topological polar surface area (TPSA) is 105 Å². The molecule has 0 amide bonds. The molecule has 0 radical (unpaired) electrons. The minimum atomic E-state index is -4.08.